The van der Waals surface area contributed by atoms with Gasteiger partial charge in [0.15, 0.2) is 5.65 Å². The third-order valence-corrected chi connectivity index (χ3v) is 1.17. The summed E-state index contributed by atoms with van der Waals surface area (Å²) >= 11 is 0. The normalized spacial score (nSPS) is 9.20. The van der Waals surface area contributed by atoms with Gasteiger partial charge in [0.1, 0.15) is 0 Å². The van der Waals surface area contributed by atoms with Gasteiger partial charge in [-0.05, 0) is 12.1 Å². The number of hydrogen-bond acceptors (Lipinski definition) is 2. The SMILES string of the molecule is [Zn].c1cnn2ccnc2c1. The fourth-order valence-electron chi connectivity index (χ4n) is 0.765. The summed E-state index contributed by atoms with van der Waals surface area (Å²) in [7, 11) is 0. The molecule has 0 fully saturated rings. The second-order valence-electron chi connectivity index (χ2n) is 1.75. The molecule has 0 spiro atoms. The summed E-state index contributed by atoms with van der Waals surface area (Å²) in [6.07, 6.45) is 5.27. The minimum atomic E-state index is 0. The van der Waals surface area contributed by atoms with Crippen molar-refractivity contribution in [3.63, 3.8) is 0 Å². The minimum absolute atomic E-state index is 0. The zero-order valence-electron chi connectivity index (χ0n) is 5.44. The minimum Gasteiger partial charge on any atom is -0.236 e. The van der Waals surface area contributed by atoms with Crippen LogP contribution in [-0.4, -0.2) is 14.6 Å². The molecule has 0 saturated heterocycles. The van der Waals surface area contributed by atoms with Crippen LogP contribution in [0.25, 0.3) is 5.65 Å². The molecule has 2 heterocycles. The standard InChI is InChI=1S/C6H5N3.Zn/c1-2-6-7-4-5-9(6)8-3-1;/h1-5H;. The van der Waals surface area contributed by atoms with E-state index in [1.54, 1.807) is 16.9 Å². The summed E-state index contributed by atoms with van der Waals surface area (Å²) < 4.78 is 1.72. The molecule has 0 aliphatic rings. The number of nitrogens with zero attached hydrogens (tertiary/aromatic N) is 3. The molecule has 3 nitrogen and oxygen atoms in total. The van der Waals surface area contributed by atoms with Crippen LogP contribution < -0.4 is 0 Å². The molecule has 46 valence electrons. The molecule has 0 atom stereocenters. The largest absolute Gasteiger partial charge is 0.236 e. The summed E-state index contributed by atoms with van der Waals surface area (Å²) in [5.74, 6) is 0. The van der Waals surface area contributed by atoms with Crippen molar-refractivity contribution in [2.75, 3.05) is 0 Å². The molecule has 4 heteroatoms. The fourth-order valence-corrected chi connectivity index (χ4v) is 0.765. The van der Waals surface area contributed by atoms with Crippen LogP contribution in [0.15, 0.2) is 30.7 Å². The first kappa shape index (κ1) is 7.35. The molecule has 0 N–H and O–H groups in total. The Morgan fingerprint density at radius 1 is 1.30 bits per heavy atom. The van der Waals surface area contributed by atoms with Crippen LogP contribution in [0.5, 0.6) is 0 Å². The molecule has 0 unspecified atom stereocenters. The quantitative estimate of drug-likeness (QED) is 0.565. The van der Waals surface area contributed by atoms with Crippen molar-refractivity contribution in [2.24, 2.45) is 0 Å². The van der Waals surface area contributed by atoms with Crippen LogP contribution in [0, 0.1) is 0 Å². The first-order chi connectivity index (χ1) is 4.47. The molecular formula is C6H5N3Zn. The number of fused-ring (bicyclic) bond motifs is 1. The van der Waals surface area contributed by atoms with E-state index in [1.165, 1.54) is 0 Å². The zero-order valence-corrected chi connectivity index (χ0v) is 8.40. The summed E-state index contributed by atoms with van der Waals surface area (Å²) in [6.45, 7) is 0. The molecule has 0 saturated carbocycles. The predicted molar refractivity (Wildman–Crippen MR) is 33.0 cm³/mol. The van der Waals surface area contributed by atoms with Crippen LogP contribution in [-0.2, 0) is 19.5 Å². The first-order valence-electron chi connectivity index (χ1n) is 2.71. The van der Waals surface area contributed by atoms with Gasteiger partial charge in [0.05, 0.1) is 0 Å². The molecule has 2 aromatic rings. The van der Waals surface area contributed by atoms with Gasteiger partial charge in [0.25, 0.3) is 0 Å². The molecule has 2 aromatic heterocycles. The Morgan fingerprint density at radius 2 is 2.20 bits per heavy atom. The topological polar surface area (TPSA) is 30.2 Å². The summed E-state index contributed by atoms with van der Waals surface area (Å²) in [6, 6.07) is 3.77. The molecule has 0 amide bonds. The second kappa shape index (κ2) is 2.89. The number of imidazole rings is 1. The van der Waals surface area contributed by atoms with Gasteiger partial charge in [-0.3, -0.25) is 0 Å². The van der Waals surface area contributed by atoms with Gasteiger partial charge in [0, 0.05) is 38.1 Å². The smallest absolute Gasteiger partial charge is 0.153 e. The molecular weight excluding hydrogens is 179 g/mol. The van der Waals surface area contributed by atoms with E-state index < -0.39 is 0 Å². The molecule has 10 heavy (non-hydrogen) atoms. The molecule has 0 aliphatic heterocycles. The Balaban J connectivity index is 0.000000500. The fraction of sp³-hybridized carbons (Fsp3) is 0. The van der Waals surface area contributed by atoms with Crippen LogP contribution in [0.3, 0.4) is 0 Å². The summed E-state index contributed by atoms with van der Waals surface area (Å²) in [4.78, 5) is 4.02. The molecule has 2 rings (SSSR count). The van der Waals surface area contributed by atoms with Crippen molar-refractivity contribution in [1.82, 2.24) is 14.6 Å². The van der Waals surface area contributed by atoms with E-state index in [0.29, 0.717) is 0 Å². The summed E-state index contributed by atoms with van der Waals surface area (Å²) in [5, 5.41) is 4.00. The third kappa shape index (κ3) is 1.07. The average molecular weight is 185 g/mol. The average Bonchev–Trinajstić information content (AvgIpc) is 2.33. The van der Waals surface area contributed by atoms with E-state index in [-0.39, 0.29) is 19.5 Å². The van der Waals surface area contributed by atoms with E-state index in [9.17, 15) is 0 Å². The summed E-state index contributed by atoms with van der Waals surface area (Å²) in [5.41, 5.74) is 0.887. The molecule has 0 radical (unpaired) electrons. The van der Waals surface area contributed by atoms with Crippen molar-refractivity contribution in [1.29, 1.82) is 0 Å². The Bertz CT molecular complexity index is 287. The van der Waals surface area contributed by atoms with Gasteiger partial charge >= 0.3 is 0 Å². The van der Waals surface area contributed by atoms with Gasteiger partial charge in [-0.15, -0.1) is 0 Å². The van der Waals surface area contributed by atoms with Crippen LogP contribution >= 0.6 is 0 Å². The van der Waals surface area contributed by atoms with Gasteiger partial charge in [-0.25, -0.2) is 9.50 Å². The monoisotopic (exact) mass is 183 g/mol. The molecule has 0 aliphatic carbocycles. The van der Waals surface area contributed by atoms with Crippen molar-refractivity contribution in [3.05, 3.63) is 30.7 Å². The van der Waals surface area contributed by atoms with Crippen molar-refractivity contribution >= 4 is 5.65 Å². The second-order valence-corrected chi connectivity index (χ2v) is 1.75. The van der Waals surface area contributed by atoms with Crippen LogP contribution in [0.4, 0.5) is 0 Å². The number of rotatable bonds is 0. The maximum absolute atomic E-state index is 4.02. The zero-order chi connectivity index (χ0) is 6.10. The van der Waals surface area contributed by atoms with Gasteiger partial charge in [-0.2, -0.15) is 5.10 Å². The van der Waals surface area contributed by atoms with Gasteiger partial charge in [0.2, 0.25) is 0 Å². The van der Waals surface area contributed by atoms with E-state index in [1.807, 2.05) is 18.3 Å². The molecule has 0 aromatic carbocycles. The Labute approximate surface area is 70.8 Å². The Morgan fingerprint density at radius 3 is 3.00 bits per heavy atom. The Kier molecular flexibility index (Phi) is 2.12. The van der Waals surface area contributed by atoms with E-state index in [0.717, 1.165) is 5.65 Å². The van der Waals surface area contributed by atoms with Crippen molar-refractivity contribution in [3.8, 4) is 0 Å². The number of hydrogen-bond donors (Lipinski definition) is 0. The Hall–Kier alpha value is -0.757. The van der Waals surface area contributed by atoms with Crippen LogP contribution in [0.2, 0.25) is 0 Å². The van der Waals surface area contributed by atoms with E-state index in [4.69, 9.17) is 0 Å². The number of aromatic nitrogens is 3. The van der Waals surface area contributed by atoms with E-state index >= 15 is 0 Å². The van der Waals surface area contributed by atoms with Gasteiger partial charge < -0.3 is 0 Å². The maximum Gasteiger partial charge on any atom is 0.153 e. The predicted octanol–water partition coefficient (Wildman–Crippen LogP) is 0.727. The first-order valence-corrected chi connectivity index (χ1v) is 2.71. The third-order valence-electron chi connectivity index (χ3n) is 1.17. The molecule has 0 bridgehead atoms. The van der Waals surface area contributed by atoms with Crippen LogP contribution in [0.1, 0.15) is 0 Å². The van der Waals surface area contributed by atoms with E-state index in [2.05, 4.69) is 10.1 Å². The van der Waals surface area contributed by atoms with Gasteiger partial charge in [-0.1, -0.05) is 0 Å². The van der Waals surface area contributed by atoms with Crippen molar-refractivity contribution in [2.45, 2.75) is 0 Å². The maximum atomic E-state index is 4.02. The van der Waals surface area contributed by atoms with Crippen molar-refractivity contribution < 1.29 is 19.5 Å².